The van der Waals surface area contributed by atoms with Crippen LogP contribution in [0.5, 0.6) is 0 Å². The van der Waals surface area contributed by atoms with E-state index in [1.54, 1.807) is 0 Å². The van der Waals surface area contributed by atoms with Gasteiger partial charge in [-0.15, -0.1) is 0 Å². The molecule has 2 aliphatic carbocycles. The highest BCUT2D eigenvalue weighted by Crippen LogP contribution is 2.47. The lowest BCUT2D eigenvalue weighted by Gasteiger charge is -2.37. The van der Waals surface area contributed by atoms with E-state index in [2.05, 4.69) is 17.5 Å². The minimum absolute atomic E-state index is 0.279. The Morgan fingerprint density at radius 3 is 2.80 bits per heavy atom. The second kappa shape index (κ2) is 1.29. The lowest BCUT2D eigenvalue weighted by atomic mass is 9.82. The van der Waals surface area contributed by atoms with Gasteiger partial charge < -0.3 is 5.32 Å². The number of nitrogens with one attached hydrogen (secondary N) is 1. The standard InChI is InChI=1S/C8H9NO/c10-8-6-4-1-2-5(3-4)7(6)9-8/h1-2,4-7H,3H2,(H,9,10)/t4-,5+,6+,7+/m0/s1. The SMILES string of the molecule is O=C1N[C@H]2[C@H]1[C@H]1C=C[C@@H]2C1. The van der Waals surface area contributed by atoms with Crippen LogP contribution < -0.4 is 5.32 Å². The Labute approximate surface area is 59.3 Å². The van der Waals surface area contributed by atoms with Gasteiger partial charge in [0, 0.05) is 6.04 Å². The van der Waals surface area contributed by atoms with Crippen LogP contribution in [-0.2, 0) is 4.79 Å². The van der Waals surface area contributed by atoms with Crippen LogP contribution in [0.15, 0.2) is 12.2 Å². The van der Waals surface area contributed by atoms with Crippen LogP contribution in [0.25, 0.3) is 0 Å². The maximum atomic E-state index is 11.0. The third-order valence-corrected chi connectivity index (χ3v) is 3.07. The molecule has 52 valence electrons. The fraction of sp³-hybridized carbons (Fsp3) is 0.625. The van der Waals surface area contributed by atoms with Crippen molar-refractivity contribution in [1.29, 1.82) is 0 Å². The molecule has 0 radical (unpaired) electrons. The van der Waals surface area contributed by atoms with Crippen LogP contribution in [-0.4, -0.2) is 11.9 Å². The van der Waals surface area contributed by atoms with E-state index in [1.165, 1.54) is 6.42 Å². The molecule has 1 saturated heterocycles. The summed E-state index contributed by atoms with van der Waals surface area (Å²) in [7, 11) is 0. The first-order valence-electron chi connectivity index (χ1n) is 3.85. The van der Waals surface area contributed by atoms with E-state index < -0.39 is 0 Å². The Balaban J connectivity index is 2.03. The highest BCUT2D eigenvalue weighted by atomic mass is 16.2. The topological polar surface area (TPSA) is 29.1 Å². The average Bonchev–Trinajstić information content (AvgIpc) is 2.40. The van der Waals surface area contributed by atoms with Crippen molar-refractivity contribution in [2.45, 2.75) is 12.5 Å². The zero-order valence-electron chi connectivity index (χ0n) is 5.58. The lowest BCUT2D eigenvalue weighted by molar-refractivity contribution is -0.135. The first-order valence-corrected chi connectivity index (χ1v) is 3.85. The summed E-state index contributed by atoms with van der Waals surface area (Å²) < 4.78 is 0. The van der Waals surface area contributed by atoms with Gasteiger partial charge in [-0.1, -0.05) is 12.2 Å². The van der Waals surface area contributed by atoms with Crippen LogP contribution in [0.4, 0.5) is 0 Å². The largest absolute Gasteiger partial charge is 0.352 e. The highest BCUT2D eigenvalue weighted by molar-refractivity contribution is 5.87. The Morgan fingerprint density at radius 1 is 1.40 bits per heavy atom. The molecular formula is C8H9NO. The summed E-state index contributed by atoms with van der Waals surface area (Å²) in [5.74, 6) is 1.90. The molecule has 2 fully saturated rings. The summed E-state index contributed by atoms with van der Waals surface area (Å²) >= 11 is 0. The van der Waals surface area contributed by atoms with E-state index in [9.17, 15) is 4.79 Å². The second-order valence-electron chi connectivity index (χ2n) is 3.51. The van der Waals surface area contributed by atoms with Crippen molar-refractivity contribution in [2.75, 3.05) is 0 Å². The van der Waals surface area contributed by atoms with Gasteiger partial charge in [-0.3, -0.25) is 4.79 Å². The number of β-lactam (4-membered cyclic amide) rings is 1. The maximum Gasteiger partial charge on any atom is 0.226 e. The zero-order valence-corrected chi connectivity index (χ0v) is 5.58. The maximum absolute atomic E-state index is 11.0. The third kappa shape index (κ3) is 0.349. The molecule has 1 aliphatic heterocycles. The van der Waals surface area contributed by atoms with Crippen molar-refractivity contribution in [3.05, 3.63) is 12.2 Å². The molecule has 0 aromatic carbocycles. The molecule has 0 aromatic rings. The second-order valence-corrected chi connectivity index (χ2v) is 3.51. The van der Waals surface area contributed by atoms with Gasteiger partial charge in [0.1, 0.15) is 0 Å². The Morgan fingerprint density at radius 2 is 2.20 bits per heavy atom. The molecule has 1 saturated carbocycles. The molecular weight excluding hydrogens is 126 g/mol. The van der Waals surface area contributed by atoms with Gasteiger partial charge in [-0.05, 0) is 18.3 Å². The van der Waals surface area contributed by atoms with Crippen molar-refractivity contribution >= 4 is 5.91 Å². The van der Waals surface area contributed by atoms with Crippen LogP contribution in [0.2, 0.25) is 0 Å². The molecule has 2 heteroatoms. The number of hydrogen-bond donors (Lipinski definition) is 1. The predicted octanol–water partition coefficient (Wildman–Crippen LogP) is 0.307. The smallest absolute Gasteiger partial charge is 0.226 e. The van der Waals surface area contributed by atoms with Crippen LogP contribution in [0, 0.1) is 17.8 Å². The fourth-order valence-electron chi connectivity index (χ4n) is 2.54. The van der Waals surface area contributed by atoms with E-state index >= 15 is 0 Å². The predicted molar refractivity (Wildman–Crippen MR) is 36.2 cm³/mol. The van der Waals surface area contributed by atoms with Gasteiger partial charge >= 0.3 is 0 Å². The van der Waals surface area contributed by atoms with E-state index in [4.69, 9.17) is 0 Å². The molecule has 0 spiro atoms. The highest BCUT2D eigenvalue weighted by Gasteiger charge is 2.54. The van der Waals surface area contributed by atoms with E-state index in [0.29, 0.717) is 23.8 Å². The number of hydrogen-bond acceptors (Lipinski definition) is 1. The van der Waals surface area contributed by atoms with Crippen molar-refractivity contribution in [3.63, 3.8) is 0 Å². The fourth-order valence-corrected chi connectivity index (χ4v) is 2.54. The first-order chi connectivity index (χ1) is 4.86. The van der Waals surface area contributed by atoms with Gasteiger partial charge in [0.05, 0.1) is 5.92 Å². The molecule has 1 amide bonds. The quantitative estimate of drug-likeness (QED) is 0.376. The van der Waals surface area contributed by atoms with Crippen molar-refractivity contribution < 1.29 is 4.79 Å². The Kier molecular flexibility index (Phi) is 0.636. The van der Waals surface area contributed by atoms with E-state index in [1.807, 2.05) is 0 Å². The van der Waals surface area contributed by atoms with Gasteiger partial charge in [0.15, 0.2) is 0 Å². The van der Waals surface area contributed by atoms with Crippen molar-refractivity contribution in [1.82, 2.24) is 5.32 Å². The van der Waals surface area contributed by atoms with E-state index in [0.717, 1.165) is 0 Å². The summed E-state index contributed by atoms with van der Waals surface area (Å²) in [4.78, 5) is 11.0. The van der Waals surface area contributed by atoms with Crippen LogP contribution in [0.3, 0.4) is 0 Å². The summed E-state index contributed by atoms with van der Waals surface area (Å²) in [6.45, 7) is 0. The van der Waals surface area contributed by atoms with Crippen molar-refractivity contribution in [3.8, 4) is 0 Å². The minimum Gasteiger partial charge on any atom is -0.352 e. The molecule has 2 nitrogen and oxygen atoms in total. The summed E-state index contributed by atoms with van der Waals surface area (Å²) in [6, 6.07) is 0.516. The molecule has 4 atom stereocenters. The first kappa shape index (κ1) is 4.94. The Hall–Kier alpha value is -0.790. The molecule has 0 unspecified atom stereocenters. The number of carbonyl (C=O) groups excluding carboxylic acids is 1. The zero-order chi connectivity index (χ0) is 6.72. The summed E-state index contributed by atoms with van der Waals surface area (Å²) in [5, 5.41) is 2.95. The number of allylic oxidation sites excluding steroid dienone is 1. The van der Waals surface area contributed by atoms with Gasteiger partial charge in [-0.2, -0.15) is 0 Å². The average molecular weight is 135 g/mol. The number of rotatable bonds is 0. The molecule has 0 aromatic heterocycles. The monoisotopic (exact) mass is 135 g/mol. The minimum atomic E-state index is 0.279. The molecule has 1 N–H and O–H groups in total. The van der Waals surface area contributed by atoms with Gasteiger partial charge in [0.2, 0.25) is 5.91 Å². The lowest BCUT2D eigenvalue weighted by Crippen LogP contribution is -2.59. The third-order valence-electron chi connectivity index (χ3n) is 3.07. The van der Waals surface area contributed by atoms with Crippen molar-refractivity contribution in [2.24, 2.45) is 17.8 Å². The molecule has 3 aliphatic rings. The molecule has 1 heterocycles. The molecule has 10 heavy (non-hydrogen) atoms. The summed E-state index contributed by atoms with van der Waals surface area (Å²) in [5.41, 5.74) is 0. The van der Waals surface area contributed by atoms with Gasteiger partial charge in [0.25, 0.3) is 0 Å². The van der Waals surface area contributed by atoms with Crippen LogP contribution in [0.1, 0.15) is 6.42 Å². The Bertz CT molecular complexity index is 233. The summed E-state index contributed by atoms with van der Waals surface area (Å²) in [6.07, 6.45) is 5.68. The number of amides is 1. The van der Waals surface area contributed by atoms with Gasteiger partial charge in [-0.25, -0.2) is 0 Å². The normalized spacial score (nSPS) is 54.2. The molecule has 2 bridgehead atoms. The number of fused-ring (bicyclic) bond motifs is 5. The van der Waals surface area contributed by atoms with Crippen LogP contribution >= 0.6 is 0 Å². The van der Waals surface area contributed by atoms with E-state index in [-0.39, 0.29) is 5.91 Å². The number of carbonyl (C=O) groups is 1. The molecule has 3 rings (SSSR count).